The summed E-state index contributed by atoms with van der Waals surface area (Å²) < 4.78 is 15.8. The molecule has 0 saturated heterocycles. The topological polar surface area (TPSA) is 63.9 Å². The monoisotopic (exact) mass is 399 g/mol. The standard InChI is InChI=1S/C23H18FN5O/c24-19-7-3-1-6-18(19)15-29-22(17-9-12-25-13-10-17)21(26-27-29)23(30)28-14-11-16-5-2-4-8-20(16)28/h1-10,12-13H,11,14-15H2. The third kappa shape index (κ3) is 3.14. The predicted molar refractivity (Wildman–Crippen MR) is 111 cm³/mol. The number of anilines is 1. The molecule has 1 aliphatic rings. The summed E-state index contributed by atoms with van der Waals surface area (Å²) in [6.45, 7) is 0.759. The molecular weight excluding hydrogens is 381 g/mol. The number of fused-ring (bicyclic) bond motifs is 1. The highest BCUT2D eigenvalue weighted by Crippen LogP contribution is 2.31. The van der Waals surface area contributed by atoms with Crippen molar-refractivity contribution >= 4 is 11.6 Å². The van der Waals surface area contributed by atoms with E-state index in [0.717, 1.165) is 23.2 Å². The van der Waals surface area contributed by atoms with E-state index < -0.39 is 0 Å². The Labute approximate surface area is 172 Å². The summed E-state index contributed by atoms with van der Waals surface area (Å²) in [5, 5.41) is 8.42. The number of carbonyl (C=O) groups excluding carboxylic acids is 1. The SMILES string of the molecule is O=C(c1nnn(Cc2ccccc2F)c1-c1ccncc1)N1CCc2ccccc21. The summed E-state index contributed by atoms with van der Waals surface area (Å²) in [5.41, 5.74) is 4.05. The van der Waals surface area contributed by atoms with Crippen molar-refractivity contribution in [3.63, 3.8) is 0 Å². The van der Waals surface area contributed by atoms with E-state index in [1.165, 1.54) is 6.07 Å². The first-order valence-corrected chi connectivity index (χ1v) is 9.69. The zero-order chi connectivity index (χ0) is 20.5. The maximum absolute atomic E-state index is 14.2. The summed E-state index contributed by atoms with van der Waals surface area (Å²) in [6, 6.07) is 18.0. The molecule has 0 atom stereocenters. The quantitative estimate of drug-likeness (QED) is 0.525. The van der Waals surface area contributed by atoms with Crippen LogP contribution >= 0.6 is 0 Å². The molecule has 0 saturated carbocycles. The maximum Gasteiger partial charge on any atom is 0.281 e. The smallest absolute Gasteiger partial charge is 0.281 e. The zero-order valence-corrected chi connectivity index (χ0v) is 16.1. The number of para-hydroxylation sites is 1. The summed E-state index contributed by atoms with van der Waals surface area (Å²) in [6.07, 6.45) is 4.10. The van der Waals surface area contributed by atoms with E-state index in [1.807, 2.05) is 24.3 Å². The highest BCUT2D eigenvalue weighted by Gasteiger charge is 2.30. The molecule has 0 aliphatic carbocycles. The first kappa shape index (κ1) is 18.2. The summed E-state index contributed by atoms with van der Waals surface area (Å²) in [5.74, 6) is -0.540. The van der Waals surface area contributed by atoms with Gasteiger partial charge < -0.3 is 4.90 Å². The number of rotatable bonds is 4. The minimum atomic E-state index is -0.324. The second kappa shape index (κ2) is 7.51. The Morgan fingerprint density at radius 3 is 2.60 bits per heavy atom. The van der Waals surface area contributed by atoms with Crippen molar-refractivity contribution in [1.29, 1.82) is 0 Å². The average Bonchev–Trinajstić information content (AvgIpc) is 3.40. The van der Waals surface area contributed by atoms with Crippen LogP contribution in [0.3, 0.4) is 0 Å². The fourth-order valence-corrected chi connectivity index (χ4v) is 3.83. The molecule has 1 amide bonds. The van der Waals surface area contributed by atoms with Crippen LogP contribution in [0.25, 0.3) is 11.3 Å². The molecule has 6 nitrogen and oxygen atoms in total. The number of hydrogen-bond acceptors (Lipinski definition) is 4. The third-order valence-electron chi connectivity index (χ3n) is 5.30. The van der Waals surface area contributed by atoms with Crippen LogP contribution in [0.1, 0.15) is 21.6 Å². The van der Waals surface area contributed by atoms with Gasteiger partial charge in [0.05, 0.1) is 6.54 Å². The van der Waals surface area contributed by atoms with Crippen LogP contribution in [0.4, 0.5) is 10.1 Å². The van der Waals surface area contributed by atoms with Gasteiger partial charge in [-0.05, 0) is 36.2 Å². The van der Waals surface area contributed by atoms with Crippen LogP contribution < -0.4 is 4.90 Å². The van der Waals surface area contributed by atoms with E-state index in [-0.39, 0.29) is 24.0 Å². The summed E-state index contributed by atoms with van der Waals surface area (Å²) >= 11 is 0. The number of pyridine rings is 1. The molecule has 5 rings (SSSR count). The van der Waals surface area contributed by atoms with Crippen molar-refractivity contribution < 1.29 is 9.18 Å². The molecule has 0 unspecified atom stereocenters. The van der Waals surface area contributed by atoms with Gasteiger partial charge in [0.2, 0.25) is 0 Å². The number of halogens is 1. The molecule has 2 aromatic carbocycles. The van der Waals surface area contributed by atoms with Gasteiger partial charge in [-0.15, -0.1) is 5.10 Å². The van der Waals surface area contributed by atoms with Gasteiger partial charge in [0.1, 0.15) is 11.5 Å². The fourth-order valence-electron chi connectivity index (χ4n) is 3.83. The molecule has 30 heavy (non-hydrogen) atoms. The molecule has 0 radical (unpaired) electrons. The van der Waals surface area contributed by atoms with E-state index in [2.05, 4.69) is 15.3 Å². The van der Waals surface area contributed by atoms with Gasteiger partial charge in [-0.25, -0.2) is 9.07 Å². The molecule has 0 N–H and O–H groups in total. The van der Waals surface area contributed by atoms with Crippen LogP contribution in [0.5, 0.6) is 0 Å². The van der Waals surface area contributed by atoms with Crippen LogP contribution in [0, 0.1) is 5.82 Å². The van der Waals surface area contributed by atoms with E-state index in [9.17, 15) is 9.18 Å². The van der Waals surface area contributed by atoms with E-state index >= 15 is 0 Å². The fraction of sp³-hybridized carbons (Fsp3) is 0.130. The van der Waals surface area contributed by atoms with Crippen molar-refractivity contribution in [2.75, 3.05) is 11.4 Å². The van der Waals surface area contributed by atoms with Crippen molar-refractivity contribution in [3.05, 3.63) is 95.7 Å². The Bertz CT molecular complexity index is 1220. The third-order valence-corrected chi connectivity index (χ3v) is 5.30. The van der Waals surface area contributed by atoms with Gasteiger partial charge in [-0.1, -0.05) is 41.6 Å². The summed E-state index contributed by atoms with van der Waals surface area (Å²) in [7, 11) is 0. The summed E-state index contributed by atoms with van der Waals surface area (Å²) in [4.78, 5) is 19.2. The molecule has 3 heterocycles. The highest BCUT2D eigenvalue weighted by atomic mass is 19.1. The predicted octanol–water partition coefficient (Wildman–Crippen LogP) is 3.73. The molecule has 4 aromatic rings. The number of amides is 1. The lowest BCUT2D eigenvalue weighted by atomic mass is 10.1. The van der Waals surface area contributed by atoms with E-state index in [0.29, 0.717) is 17.8 Å². The van der Waals surface area contributed by atoms with Gasteiger partial charge in [0.15, 0.2) is 5.69 Å². The second-order valence-corrected chi connectivity index (χ2v) is 7.11. The van der Waals surface area contributed by atoms with Gasteiger partial charge in [-0.3, -0.25) is 9.78 Å². The molecular formula is C23H18FN5O. The van der Waals surface area contributed by atoms with Crippen LogP contribution in [-0.2, 0) is 13.0 Å². The van der Waals surface area contributed by atoms with Gasteiger partial charge in [0.25, 0.3) is 5.91 Å². The lowest BCUT2D eigenvalue weighted by Gasteiger charge is -2.17. The highest BCUT2D eigenvalue weighted by molar-refractivity contribution is 6.09. The molecule has 0 spiro atoms. The zero-order valence-electron chi connectivity index (χ0n) is 16.1. The van der Waals surface area contributed by atoms with Crippen molar-refractivity contribution in [2.24, 2.45) is 0 Å². The largest absolute Gasteiger partial charge is 0.306 e. The Kier molecular flexibility index (Phi) is 4.55. The minimum Gasteiger partial charge on any atom is -0.306 e. The minimum absolute atomic E-state index is 0.168. The number of carbonyl (C=O) groups is 1. The molecule has 2 aromatic heterocycles. The number of nitrogens with zero attached hydrogens (tertiary/aromatic N) is 5. The Morgan fingerprint density at radius 2 is 1.77 bits per heavy atom. The lowest BCUT2D eigenvalue weighted by Crippen LogP contribution is -2.29. The van der Waals surface area contributed by atoms with Gasteiger partial charge in [0, 0.05) is 35.8 Å². The molecule has 7 heteroatoms. The first-order chi connectivity index (χ1) is 14.7. The van der Waals surface area contributed by atoms with Crippen LogP contribution in [0.2, 0.25) is 0 Å². The number of hydrogen-bond donors (Lipinski definition) is 0. The molecule has 0 bridgehead atoms. The molecule has 0 fully saturated rings. The van der Waals surface area contributed by atoms with Gasteiger partial charge >= 0.3 is 0 Å². The van der Waals surface area contributed by atoms with Crippen molar-refractivity contribution in [3.8, 4) is 11.3 Å². The lowest BCUT2D eigenvalue weighted by molar-refractivity contribution is 0.0985. The van der Waals surface area contributed by atoms with Crippen LogP contribution in [0.15, 0.2) is 73.1 Å². The Balaban J connectivity index is 1.58. The molecule has 148 valence electrons. The van der Waals surface area contributed by atoms with E-state index in [1.54, 1.807) is 52.3 Å². The Hall–Kier alpha value is -3.87. The molecule has 1 aliphatic heterocycles. The van der Waals surface area contributed by atoms with Crippen molar-refractivity contribution in [1.82, 2.24) is 20.0 Å². The second-order valence-electron chi connectivity index (χ2n) is 7.11. The normalized spacial score (nSPS) is 12.8. The maximum atomic E-state index is 14.2. The van der Waals surface area contributed by atoms with Gasteiger partial charge in [-0.2, -0.15) is 0 Å². The van der Waals surface area contributed by atoms with Crippen LogP contribution in [-0.4, -0.2) is 32.4 Å². The Morgan fingerprint density at radius 1 is 1.00 bits per heavy atom. The van der Waals surface area contributed by atoms with E-state index in [4.69, 9.17) is 0 Å². The average molecular weight is 399 g/mol. The first-order valence-electron chi connectivity index (χ1n) is 9.69. The van der Waals surface area contributed by atoms with Crippen molar-refractivity contribution in [2.45, 2.75) is 13.0 Å². The number of aromatic nitrogens is 4. The number of benzene rings is 2.